The zero-order chi connectivity index (χ0) is 10.7. The van der Waals surface area contributed by atoms with E-state index in [0.29, 0.717) is 24.7 Å². The van der Waals surface area contributed by atoms with Crippen LogP contribution in [0.3, 0.4) is 0 Å². The van der Waals surface area contributed by atoms with E-state index < -0.39 is 0 Å². The maximum Gasteiger partial charge on any atom is 3.00 e. The second-order valence-corrected chi connectivity index (χ2v) is 3.75. The molecule has 16 heavy (non-hydrogen) atoms. The van der Waals surface area contributed by atoms with Crippen molar-refractivity contribution < 1.29 is 42.2 Å². The number of nitriles is 1. The average Bonchev–Trinajstić information content (AvgIpc) is 2.30. The van der Waals surface area contributed by atoms with Gasteiger partial charge < -0.3 is 9.47 Å². The van der Waals surface area contributed by atoms with Crippen molar-refractivity contribution in [1.29, 1.82) is 5.26 Å². The van der Waals surface area contributed by atoms with Crippen LogP contribution >= 0.6 is 0 Å². The van der Waals surface area contributed by atoms with E-state index >= 15 is 0 Å². The van der Waals surface area contributed by atoms with Gasteiger partial charge in [0, 0.05) is 5.92 Å². The van der Waals surface area contributed by atoms with Gasteiger partial charge in [-0.1, -0.05) is 18.1 Å². The zero-order valence-corrected chi connectivity index (χ0v) is 12.0. The minimum atomic E-state index is -0.301. The number of hydrogen-bond acceptors (Lipinski definition) is 3. The molecule has 0 N–H and O–H groups in total. The summed E-state index contributed by atoms with van der Waals surface area (Å²) in [5, 5.41) is 8.63. The van der Waals surface area contributed by atoms with Gasteiger partial charge in [0.15, 0.2) is 0 Å². The second-order valence-electron chi connectivity index (χ2n) is 3.75. The van der Waals surface area contributed by atoms with E-state index in [0.717, 1.165) is 5.56 Å². The quantitative estimate of drug-likeness (QED) is 0.744. The Morgan fingerprint density at radius 1 is 1.38 bits per heavy atom. The molecule has 78 valence electrons. The summed E-state index contributed by atoms with van der Waals surface area (Å²) in [6.07, 6.45) is -0.301. The van der Waals surface area contributed by atoms with E-state index in [1.165, 1.54) is 0 Å². The minimum Gasteiger partial charge on any atom is -0.356 e. The van der Waals surface area contributed by atoms with Crippen molar-refractivity contribution in [3.05, 3.63) is 35.4 Å². The summed E-state index contributed by atoms with van der Waals surface area (Å²) >= 11 is 0. The molecule has 0 aliphatic carbocycles. The first-order valence-corrected chi connectivity index (χ1v) is 4.94. The van der Waals surface area contributed by atoms with Crippen LogP contribution in [0.15, 0.2) is 18.2 Å². The van der Waals surface area contributed by atoms with Gasteiger partial charge in [0.2, 0.25) is 0 Å². The van der Waals surface area contributed by atoms with Gasteiger partial charge in [0.1, 0.15) is 6.29 Å². The Balaban J connectivity index is 0.00000128. The standard InChI is InChI=1S/C12H12NO2.Y/c1-9-7-14-12(15-8-9)11-4-2-10(6-13)3-5-11;/h2,4-5,9,12H,7-8H2,1H3;/q-1;+3. The molecule has 0 bridgehead atoms. The largest absolute Gasteiger partial charge is 3.00 e. The molecule has 0 spiro atoms. The topological polar surface area (TPSA) is 42.2 Å². The predicted octanol–water partition coefficient (Wildman–Crippen LogP) is 2.04. The third-order valence-electron chi connectivity index (χ3n) is 2.29. The first-order chi connectivity index (χ1) is 7.29. The van der Waals surface area contributed by atoms with Crippen molar-refractivity contribution in [2.75, 3.05) is 13.2 Å². The number of rotatable bonds is 1. The second kappa shape index (κ2) is 6.46. The molecule has 1 fully saturated rings. The molecule has 0 saturated carbocycles. The van der Waals surface area contributed by atoms with E-state index in [-0.39, 0.29) is 39.0 Å². The van der Waals surface area contributed by atoms with Crippen LogP contribution in [0.4, 0.5) is 0 Å². The Labute approximate surface area is 121 Å². The smallest absolute Gasteiger partial charge is 0.356 e. The van der Waals surface area contributed by atoms with Crippen LogP contribution in [0, 0.1) is 23.3 Å². The Hall–Kier alpha value is -0.266. The summed E-state index contributed by atoms with van der Waals surface area (Å²) in [7, 11) is 0. The maximum absolute atomic E-state index is 8.63. The number of nitrogens with zero attached hydrogens (tertiary/aromatic N) is 1. The minimum absolute atomic E-state index is 0. The predicted molar refractivity (Wildman–Crippen MR) is 53.8 cm³/mol. The fourth-order valence-corrected chi connectivity index (χ4v) is 1.45. The van der Waals surface area contributed by atoms with Gasteiger partial charge in [-0.15, -0.1) is 24.3 Å². The molecule has 0 amide bonds. The maximum atomic E-state index is 8.63. The molecule has 0 aromatic heterocycles. The van der Waals surface area contributed by atoms with Crippen molar-refractivity contribution in [1.82, 2.24) is 0 Å². The van der Waals surface area contributed by atoms with Crippen LogP contribution in [-0.2, 0) is 42.2 Å². The normalized spacial score (nSPS) is 24.2. The summed E-state index contributed by atoms with van der Waals surface area (Å²) in [5.74, 6) is 0.448. The summed E-state index contributed by atoms with van der Waals surface area (Å²) in [6, 6.07) is 10.2. The van der Waals surface area contributed by atoms with Crippen molar-refractivity contribution in [2.24, 2.45) is 5.92 Å². The SMILES string of the molecule is CC1COC(c2c[c-]c(C#N)cc2)OC1.[Y+3]. The molecule has 1 heterocycles. The molecular weight excluding hydrogens is 279 g/mol. The average molecular weight is 291 g/mol. The van der Waals surface area contributed by atoms with Gasteiger partial charge in [-0.3, -0.25) is 5.26 Å². The van der Waals surface area contributed by atoms with Crippen molar-refractivity contribution >= 4 is 0 Å². The molecular formula is C12H12NO2Y+2. The van der Waals surface area contributed by atoms with Crippen LogP contribution in [-0.4, -0.2) is 13.2 Å². The number of benzene rings is 1. The molecule has 4 heteroatoms. The summed E-state index contributed by atoms with van der Waals surface area (Å²) in [4.78, 5) is 0. The van der Waals surface area contributed by atoms with Gasteiger partial charge in [-0.25, -0.2) is 0 Å². The first kappa shape index (κ1) is 13.8. The Bertz CT molecular complexity index is 364. The van der Waals surface area contributed by atoms with E-state index in [4.69, 9.17) is 14.7 Å². The van der Waals surface area contributed by atoms with E-state index in [9.17, 15) is 0 Å². The molecule has 3 nitrogen and oxygen atoms in total. The van der Waals surface area contributed by atoms with Crippen LogP contribution < -0.4 is 0 Å². The Kier molecular flexibility index (Phi) is 5.57. The fourth-order valence-electron chi connectivity index (χ4n) is 1.45. The molecule has 2 rings (SSSR count). The monoisotopic (exact) mass is 291 g/mol. The molecule has 1 aliphatic rings. The number of ether oxygens (including phenoxy) is 2. The van der Waals surface area contributed by atoms with E-state index in [2.05, 4.69) is 13.0 Å². The van der Waals surface area contributed by atoms with Gasteiger partial charge >= 0.3 is 32.7 Å². The van der Waals surface area contributed by atoms with Gasteiger partial charge in [0.25, 0.3) is 0 Å². The molecule has 0 radical (unpaired) electrons. The fraction of sp³-hybridized carbons (Fsp3) is 0.417. The van der Waals surface area contributed by atoms with Crippen molar-refractivity contribution in [2.45, 2.75) is 13.2 Å². The molecule has 0 atom stereocenters. The third-order valence-corrected chi connectivity index (χ3v) is 2.29. The van der Waals surface area contributed by atoms with E-state index in [1.54, 1.807) is 12.1 Å². The summed E-state index contributed by atoms with van der Waals surface area (Å²) in [5.41, 5.74) is 1.45. The van der Waals surface area contributed by atoms with E-state index in [1.807, 2.05) is 12.1 Å². The van der Waals surface area contributed by atoms with Gasteiger partial charge in [0.05, 0.1) is 13.2 Å². The summed E-state index contributed by atoms with van der Waals surface area (Å²) < 4.78 is 11.0. The molecule has 1 saturated heterocycles. The van der Waals surface area contributed by atoms with Crippen molar-refractivity contribution in [3.8, 4) is 6.07 Å². The molecule has 1 aromatic rings. The number of hydrogen-bond donors (Lipinski definition) is 0. The van der Waals surface area contributed by atoms with Gasteiger partial charge in [-0.05, 0) is 6.07 Å². The molecule has 1 aromatic carbocycles. The van der Waals surface area contributed by atoms with Crippen molar-refractivity contribution in [3.63, 3.8) is 0 Å². The van der Waals surface area contributed by atoms with Crippen LogP contribution in [0.2, 0.25) is 0 Å². The molecule has 0 unspecified atom stereocenters. The molecule has 1 aliphatic heterocycles. The van der Waals surface area contributed by atoms with Crippen LogP contribution in [0.1, 0.15) is 24.3 Å². The van der Waals surface area contributed by atoms with Crippen LogP contribution in [0.25, 0.3) is 0 Å². The first-order valence-electron chi connectivity index (χ1n) is 4.94. The van der Waals surface area contributed by atoms with Crippen LogP contribution in [0.5, 0.6) is 0 Å². The van der Waals surface area contributed by atoms with Gasteiger partial charge in [-0.2, -0.15) is 0 Å². The Morgan fingerprint density at radius 2 is 2.06 bits per heavy atom. The Morgan fingerprint density at radius 3 is 2.56 bits per heavy atom. The zero-order valence-electron chi connectivity index (χ0n) is 9.14. The summed E-state index contributed by atoms with van der Waals surface area (Å²) in [6.45, 7) is 3.51. The third kappa shape index (κ3) is 3.36.